The van der Waals surface area contributed by atoms with Crippen LogP contribution < -0.4 is 0 Å². The van der Waals surface area contributed by atoms with Gasteiger partial charge in [0, 0.05) is 5.56 Å². The van der Waals surface area contributed by atoms with Crippen LogP contribution in [0.25, 0.3) is 0 Å². The lowest BCUT2D eigenvalue weighted by Crippen LogP contribution is -2.02. The summed E-state index contributed by atoms with van der Waals surface area (Å²) in [5.41, 5.74) is 2.42. The van der Waals surface area contributed by atoms with E-state index >= 15 is 0 Å². The lowest BCUT2D eigenvalue weighted by Gasteiger charge is -1.99. The maximum absolute atomic E-state index is 9.33. The first-order valence-electron chi connectivity index (χ1n) is 5.07. The van der Waals surface area contributed by atoms with Crippen molar-refractivity contribution in [3.63, 3.8) is 0 Å². The fraction of sp³-hybridized carbons (Fsp3) is 0.500. The van der Waals surface area contributed by atoms with Crippen molar-refractivity contribution in [3.8, 4) is 0 Å². The van der Waals surface area contributed by atoms with Gasteiger partial charge >= 0.3 is 0 Å². The summed E-state index contributed by atoms with van der Waals surface area (Å²) >= 11 is 0. The van der Waals surface area contributed by atoms with Crippen LogP contribution >= 0.6 is 0 Å². The second kappa shape index (κ2) is 4.05. The minimum Gasteiger partial charge on any atom is -0.387 e. The van der Waals surface area contributed by atoms with Crippen molar-refractivity contribution in [2.75, 3.05) is 0 Å². The number of aliphatic hydroxyl groups excluding tert-OH is 1. The number of nitrogens with zero attached hydrogens (tertiary/aromatic N) is 4. The molecule has 0 saturated heterocycles. The number of hydrogen-bond acceptors (Lipinski definition) is 5. The quantitative estimate of drug-likeness (QED) is 0.837. The minimum absolute atomic E-state index is 0.556. The third-order valence-corrected chi connectivity index (χ3v) is 2.49. The van der Waals surface area contributed by atoms with Crippen LogP contribution in [0.5, 0.6) is 0 Å². The molecule has 0 aliphatic carbocycles. The van der Waals surface area contributed by atoms with E-state index in [1.165, 1.54) is 0 Å². The van der Waals surface area contributed by atoms with Crippen LogP contribution in [0.4, 0.5) is 0 Å². The monoisotopic (exact) mass is 222 g/mol. The Morgan fingerprint density at radius 3 is 2.75 bits per heavy atom. The maximum Gasteiger partial charge on any atom is 0.138 e. The van der Waals surface area contributed by atoms with Crippen LogP contribution in [-0.4, -0.2) is 25.3 Å². The number of aliphatic hydroxyl groups is 1. The highest BCUT2D eigenvalue weighted by molar-refractivity contribution is 5.20. The third kappa shape index (κ3) is 1.96. The average molecular weight is 222 g/mol. The van der Waals surface area contributed by atoms with Gasteiger partial charge in [-0.15, -0.1) is 5.10 Å². The Bertz CT molecular complexity index is 467. The summed E-state index contributed by atoms with van der Waals surface area (Å²) in [6, 6.07) is 0. The van der Waals surface area contributed by atoms with E-state index in [-0.39, 0.29) is 0 Å². The minimum atomic E-state index is -0.599. The van der Waals surface area contributed by atoms with Gasteiger partial charge in [0.1, 0.15) is 11.5 Å². The lowest BCUT2D eigenvalue weighted by molar-refractivity contribution is 0.194. The number of hydrogen-bond donors (Lipinski definition) is 1. The summed E-state index contributed by atoms with van der Waals surface area (Å²) in [4.78, 5) is 0. The van der Waals surface area contributed by atoms with Gasteiger partial charge in [-0.3, -0.25) is 0 Å². The van der Waals surface area contributed by atoms with Gasteiger partial charge in [-0.1, -0.05) is 10.4 Å². The molecule has 0 aliphatic rings. The first kappa shape index (κ1) is 10.8. The van der Waals surface area contributed by atoms with E-state index < -0.39 is 6.10 Å². The number of aryl methyl sites for hydroxylation is 2. The first-order valence-corrected chi connectivity index (χ1v) is 5.07. The molecule has 6 heteroatoms. The van der Waals surface area contributed by atoms with Gasteiger partial charge in [0.25, 0.3) is 0 Å². The first-order chi connectivity index (χ1) is 7.58. The molecule has 16 heavy (non-hydrogen) atoms. The Morgan fingerprint density at radius 1 is 1.50 bits per heavy atom. The van der Waals surface area contributed by atoms with E-state index in [1.807, 2.05) is 13.8 Å². The SMILES string of the molecule is Cc1noc(C)c1Cn1cc(C(C)O)nn1. The van der Waals surface area contributed by atoms with Crippen LogP contribution in [0.3, 0.4) is 0 Å². The predicted octanol–water partition coefficient (Wildman–Crippen LogP) is 0.985. The summed E-state index contributed by atoms with van der Waals surface area (Å²) in [6.07, 6.45) is 1.12. The molecule has 0 aliphatic heterocycles. The second-order valence-electron chi connectivity index (χ2n) is 3.82. The van der Waals surface area contributed by atoms with Gasteiger partial charge in [0.15, 0.2) is 0 Å². The fourth-order valence-electron chi connectivity index (χ4n) is 1.47. The summed E-state index contributed by atoms with van der Waals surface area (Å²) in [6.45, 7) is 5.96. The van der Waals surface area contributed by atoms with Crippen molar-refractivity contribution in [1.82, 2.24) is 20.2 Å². The maximum atomic E-state index is 9.33. The van der Waals surface area contributed by atoms with E-state index in [0.29, 0.717) is 12.2 Å². The molecular formula is C10H14N4O2. The zero-order chi connectivity index (χ0) is 11.7. The van der Waals surface area contributed by atoms with E-state index in [4.69, 9.17) is 4.52 Å². The van der Waals surface area contributed by atoms with Crippen molar-refractivity contribution in [2.24, 2.45) is 0 Å². The van der Waals surface area contributed by atoms with Gasteiger partial charge in [-0.2, -0.15) is 0 Å². The summed E-state index contributed by atoms with van der Waals surface area (Å²) in [5.74, 6) is 0.784. The van der Waals surface area contributed by atoms with Crippen LogP contribution in [0, 0.1) is 13.8 Å². The number of aromatic nitrogens is 4. The molecule has 0 radical (unpaired) electrons. The van der Waals surface area contributed by atoms with Crippen molar-refractivity contribution in [2.45, 2.75) is 33.4 Å². The normalized spacial score (nSPS) is 13.0. The Morgan fingerprint density at radius 2 is 2.25 bits per heavy atom. The third-order valence-electron chi connectivity index (χ3n) is 2.49. The molecule has 1 unspecified atom stereocenters. The zero-order valence-electron chi connectivity index (χ0n) is 9.51. The molecule has 0 fully saturated rings. The van der Waals surface area contributed by atoms with Gasteiger partial charge in [0.05, 0.1) is 24.5 Å². The topological polar surface area (TPSA) is 77.0 Å². The second-order valence-corrected chi connectivity index (χ2v) is 3.82. The predicted molar refractivity (Wildman–Crippen MR) is 55.7 cm³/mol. The molecule has 2 aromatic rings. The van der Waals surface area contributed by atoms with Crippen molar-refractivity contribution in [3.05, 3.63) is 28.9 Å². The Labute approximate surface area is 92.9 Å². The summed E-state index contributed by atoms with van der Waals surface area (Å²) in [5, 5.41) is 21.0. The fourth-order valence-corrected chi connectivity index (χ4v) is 1.47. The van der Waals surface area contributed by atoms with Gasteiger partial charge < -0.3 is 9.63 Å². The molecular weight excluding hydrogens is 208 g/mol. The highest BCUT2D eigenvalue weighted by atomic mass is 16.5. The largest absolute Gasteiger partial charge is 0.387 e. The number of rotatable bonds is 3. The molecule has 0 saturated carbocycles. The van der Waals surface area contributed by atoms with Crippen LogP contribution in [0.15, 0.2) is 10.7 Å². The van der Waals surface area contributed by atoms with E-state index in [1.54, 1.807) is 17.8 Å². The molecule has 86 valence electrons. The molecule has 0 amide bonds. The zero-order valence-corrected chi connectivity index (χ0v) is 9.51. The Balaban J connectivity index is 2.21. The van der Waals surface area contributed by atoms with Crippen molar-refractivity contribution in [1.29, 1.82) is 0 Å². The van der Waals surface area contributed by atoms with Gasteiger partial charge in [-0.25, -0.2) is 4.68 Å². The van der Waals surface area contributed by atoms with Gasteiger partial charge in [-0.05, 0) is 20.8 Å². The molecule has 6 nitrogen and oxygen atoms in total. The molecule has 0 aromatic carbocycles. The van der Waals surface area contributed by atoms with Crippen LogP contribution in [-0.2, 0) is 6.54 Å². The van der Waals surface area contributed by atoms with Crippen LogP contribution in [0.1, 0.15) is 35.7 Å². The highest BCUT2D eigenvalue weighted by Crippen LogP contribution is 2.14. The van der Waals surface area contributed by atoms with E-state index in [2.05, 4.69) is 15.5 Å². The molecule has 2 heterocycles. The standard InChI is InChI=1S/C10H14N4O2/c1-6-9(8(3)16-12-6)4-14-5-10(7(2)15)11-13-14/h5,7,15H,4H2,1-3H3. The molecule has 0 bridgehead atoms. The molecule has 1 N–H and O–H groups in total. The smallest absolute Gasteiger partial charge is 0.138 e. The van der Waals surface area contributed by atoms with E-state index in [9.17, 15) is 5.11 Å². The van der Waals surface area contributed by atoms with Crippen molar-refractivity contribution >= 4 is 0 Å². The van der Waals surface area contributed by atoms with Crippen molar-refractivity contribution < 1.29 is 9.63 Å². The van der Waals surface area contributed by atoms with Crippen LogP contribution in [0.2, 0.25) is 0 Å². The van der Waals surface area contributed by atoms with Gasteiger partial charge in [0.2, 0.25) is 0 Å². The van der Waals surface area contributed by atoms with E-state index in [0.717, 1.165) is 17.0 Å². The molecule has 1 atom stereocenters. The summed E-state index contributed by atoms with van der Waals surface area (Å²) < 4.78 is 6.72. The lowest BCUT2D eigenvalue weighted by atomic mass is 10.2. The molecule has 2 rings (SSSR count). The summed E-state index contributed by atoms with van der Waals surface area (Å²) in [7, 11) is 0. The Hall–Kier alpha value is -1.69. The average Bonchev–Trinajstić information content (AvgIpc) is 2.80. The molecule has 0 spiro atoms. The Kier molecular flexibility index (Phi) is 2.74. The molecule has 2 aromatic heterocycles. The highest BCUT2D eigenvalue weighted by Gasteiger charge is 2.12.